The summed E-state index contributed by atoms with van der Waals surface area (Å²) in [6.07, 6.45) is 3.29. The first-order chi connectivity index (χ1) is 11.0. The van der Waals surface area contributed by atoms with E-state index >= 15 is 0 Å². The summed E-state index contributed by atoms with van der Waals surface area (Å²) in [5.41, 5.74) is 2.31. The van der Waals surface area contributed by atoms with Crippen LogP contribution in [0.4, 0.5) is 0 Å². The second kappa shape index (κ2) is 7.19. The van der Waals surface area contributed by atoms with E-state index in [2.05, 4.69) is 21.4 Å². The van der Waals surface area contributed by atoms with Gasteiger partial charge in [-0.1, -0.05) is 47.1 Å². The predicted molar refractivity (Wildman–Crippen MR) is 91.3 cm³/mol. The van der Waals surface area contributed by atoms with Gasteiger partial charge in [0.1, 0.15) is 11.1 Å². The van der Waals surface area contributed by atoms with Crippen molar-refractivity contribution in [3.05, 3.63) is 52.4 Å². The van der Waals surface area contributed by atoms with Crippen molar-refractivity contribution in [2.75, 3.05) is 0 Å². The molecule has 0 fully saturated rings. The summed E-state index contributed by atoms with van der Waals surface area (Å²) in [4.78, 5) is 0.683. The van der Waals surface area contributed by atoms with Gasteiger partial charge >= 0.3 is 10.1 Å². The molecule has 0 unspecified atom stereocenters. The van der Waals surface area contributed by atoms with Gasteiger partial charge in [0.15, 0.2) is 0 Å². The molecule has 5 nitrogen and oxygen atoms in total. The van der Waals surface area contributed by atoms with Crippen LogP contribution in [0.1, 0.15) is 18.1 Å². The third-order valence-corrected chi connectivity index (χ3v) is 4.52. The van der Waals surface area contributed by atoms with E-state index in [4.69, 9.17) is 0 Å². The minimum Gasteiger partial charge on any atom is -0.258 e. The zero-order chi connectivity index (χ0) is 16.9. The molecule has 0 aliphatic carbocycles. The molecule has 7 heteroatoms. The Hall–Kier alpha value is -2.48. The Morgan fingerprint density at radius 1 is 1.30 bits per heavy atom. The fraction of sp³-hybridized carbons (Fsp3) is 0.125. The standard InChI is InChI=1S/C16H12N2O3S2/c1-3-10-23(19,20)21-18-16-9-8-15(22-16)14(11-17)13-7-5-4-6-12(13)2/h4-9H,1-2H3/b15-14+,18-16?. The molecule has 1 aliphatic rings. The summed E-state index contributed by atoms with van der Waals surface area (Å²) < 4.78 is 27.1. The van der Waals surface area contributed by atoms with Crippen LogP contribution >= 0.6 is 11.8 Å². The Labute approximate surface area is 139 Å². The minimum atomic E-state index is -4.00. The number of oxime groups is 1. The molecule has 2 rings (SSSR count). The van der Waals surface area contributed by atoms with Crippen LogP contribution in [0.25, 0.3) is 5.57 Å². The first-order valence-corrected chi connectivity index (χ1v) is 8.70. The molecule has 0 saturated carbocycles. The molecule has 1 aromatic rings. The molecular formula is C16H12N2O3S2. The van der Waals surface area contributed by atoms with Crippen molar-refractivity contribution in [3.63, 3.8) is 0 Å². The fourth-order valence-corrected chi connectivity index (χ4v) is 3.18. The number of hydrogen-bond acceptors (Lipinski definition) is 6. The number of allylic oxidation sites excluding steroid dienone is 2. The molecular weight excluding hydrogens is 332 g/mol. The molecule has 0 aromatic heterocycles. The zero-order valence-electron chi connectivity index (χ0n) is 12.4. The first kappa shape index (κ1) is 16.9. The van der Waals surface area contributed by atoms with E-state index in [9.17, 15) is 13.7 Å². The maximum Gasteiger partial charge on any atom is 0.401 e. The second-order valence-corrected chi connectivity index (χ2v) is 6.74. The largest absolute Gasteiger partial charge is 0.401 e. The molecule has 0 amide bonds. The lowest BCUT2D eigenvalue weighted by molar-refractivity contribution is 0.349. The van der Waals surface area contributed by atoms with E-state index < -0.39 is 10.1 Å². The molecule has 1 heterocycles. The van der Waals surface area contributed by atoms with Gasteiger partial charge in [0, 0.05) is 4.91 Å². The molecule has 0 atom stereocenters. The summed E-state index contributed by atoms with van der Waals surface area (Å²) in [6.45, 7) is 3.31. The third kappa shape index (κ3) is 4.26. The summed E-state index contributed by atoms with van der Waals surface area (Å²) in [5, 5.41) is 15.3. The molecule has 0 bridgehead atoms. The highest BCUT2D eigenvalue weighted by Crippen LogP contribution is 2.34. The van der Waals surface area contributed by atoms with Gasteiger partial charge in [-0.05, 0) is 37.1 Å². The summed E-state index contributed by atoms with van der Waals surface area (Å²) >= 11 is 1.16. The number of nitrogens with zero attached hydrogens (tertiary/aromatic N) is 2. The topological polar surface area (TPSA) is 79.5 Å². The van der Waals surface area contributed by atoms with Crippen molar-refractivity contribution < 1.29 is 12.7 Å². The van der Waals surface area contributed by atoms with Gasteiger partial charge in [0.05, 0.1) is 10.8 Å². The third-order valence-electron chi connectivity index (χ3n) is 2.82. The normalized spacial score (nSPS) is 17.3. The molecule has 0 N–H and O–H groups in total. The highest BCUT2D eigenvalue weighted by Gasteiger charge is 2.17. The lowest BCUT2D eigenvalue weighted by Gasteiger charge is -2.05. The average molecular weight is 344 g/mol. The maximum absolute atomic E-state index is 11.3. The molecule has 0 saturated heterocycles. The van der Waals surface area contributed by atoms with Gasteiger partial charge < -0.3 is 0 Å². The minimum absolute atomic E-state index is 0.336. The van der Waals surface area contributed by atoms with Crippen LogP contribution in [-0.2, 0) is 14.4 Å². The summed E-state index contributed by atoms with van der Waals surface area (Å²) in [6, 6.07) is 9.73. The lowest BCUT2D eigenvalue weighted by atomic mass is 10.0. The molecule has 0 radical (unpaired) electrons. The van der Waals surface area contributed by atoms with E-state index in [1.54, 1.807) is 12.2 Å². The van der Waals surface area contributed by atoms with Gasteiger partial charge in [-0.25, -0.2) is 0 Å². The van der Waals surface area contributed by atoms with E-state index in [1.807, 2.05) is 36.4 Å². The van der Waals surface area contributed by atoms with Crippen molar-refractivity contribution in [3.8, 4) is 17.2 Å². The highest BCUT2D eigenvalue weighted by atomic mass is 32.2. The number of hydrogen-bond donors (Lipinski definition) is 0. The fourth-order valence-electron chi connectivity index (χ4n) is 1.84. The number of rotatable bonds is 3. The van der Waals surface area contributed by atoms with Crippen molar-refractivity contribution >= 4 is 32.5 Å². The Balaban J connectivity index is 2.28. The quantitative estimate of drug-likeness (QED) is 0.478. The predicted octanol–water partition coefficient (Wildman–Crippen LogP) is 3.17. The zero-order valence-corrected chi connectivity index (χ0v) is 14.0. The molecule has 23 heavy (non-hydrogen) atoms. The SMILES string of the molecule is CC#CS(=O)(=O)ON=C1C=C/C(=C(/C#N)c2ccccc2C)S1. The van der Waals surface area contributed by atoms with Crippen LogP contribution in [0.2, 0.25) is 0 Å². The van der Waals surface area contributed by atoms with E-state index in [1.165, 1.54) is 6.92 Å². The van der Waals surface area contributed by atoms with Crippen molar-refractivity contribution in [2.24, 2.45) is 5.16 Å². The van der Waals surface area contributed by atoms with Crippen LogP contribution < -0.4 is 0 Å². The van der Waals surface area contributed by atoms with Crippen molar-refractivity contribution in [2.45, 2.75) is 13.8 Å². The van der Waals surface area contributed by atoms with E-state index in [0.717, 1.165) is 22.9 Å². The Morgan fingerprint density at radius 3 is 2.70 bits per heavy atom. The Morgan fingerprint density at radius 2 is 2.04 bits per heavy atom. The molecule has 0 spiro atoms. The number of aryl methyl sites for hydroxylation is 1. The summed E-state index contributed by atoms with van der Waals surface area (Å²) in [5.74, 6) is 2.24. The first-order valence-electron chi connectivity index (χ1n) is 6.48. The van der Waals surface area contributed by atoms with Gasteiger partial charge in [-0.15, -0.1) is 0 Å². The van der Waals surface area contributed by atoms with Crippen LogP contribution in [0.15, 0.2) is 46.5 Å². The Kier molecular flexibility index (Phi) is 5.28. The van der Waals surface area contributed by atoms with E-state index in [0.29, 0.717) is 15.5 Å². The van der Waals surface area contributed by atoms with Crippen LogP contribution in [0.3, 0.4) is 0 Å². The van der Waals surface area contributed by atoms with Crippen LogP contribution in [0.5, 0.6) is 0 Å². The van der Waals surface area contributed by atoms with Gasteiger partial charge in [-0.3, -0.25) is 4.28 Å². The molecule has 116 valence electrons. The van der Waals surface area contributed by atoms with E-state index in [-0.39, 0.29) is 0 Å². The Bertz CT molecular complexity index is 924. The molecule has 1 aromatic carbocycles. The van der Waals surface area contributed by atoms with Crippen LogP contribution in [-0.4, -0.2) is 13.5 Å². The van der Waals surface area contributed by atoms with Crippen LogP contribution in [0, 0.1) is 29.4 Å². The van der Waals surface area contributed by atoms with Gasteiger partial charge in [-0.2, -0.15) is 13.7 Å². The van der Waals surface area contributed by atoms with Crippen molar-refractivity contribution in [1.29, 1.82) is 5.26 Å². The smallest absolute Gasteiger partial charge is 0.258 e. The monoisotopic (exact) mass is 344 g/mol. The number of thioether (sulfide) groups is 1. The second-order valence-electron chi connectivity index (χ2n) is 4.41. The average Bonchev–Trinajstić information content (AvgIpc) is 2.97. The highest BCUT2D eigenvalue weighted by molar-refractivity contribution is 8.18. The molecule has 1 aliphatic heterocycles. The van der Waals surface area contributed by atoms with Gasteiger partial charge in [0.25, 0.3) is 0 Å². The number of nitriles is 1. The summed E-state index contributed by atoms with van der Waals surface area (Å²) in [7, 11) is -4.00. The van der Waals surface area contributed by atoms with Gasteiger partial charge in [0.2, 0.25) is 0 Å². The van der Waals surface area contributed by atoms with Crippen molar-refractivity contribution in [1.82, 2.24) is 0 Å². The maximum atomic E-state index is 11.3. The lowest BCUT2D eigenvalue weighted by Crippen LogP contribution is -1.98. The number of benzene rings is 1.